The van der Waals surface area contributed by atoms with Crippen molar-refractivity contribution in [2.75, 3.05) is 23.7 Å². The van der Waals surface area contributed by atoms with Gasteiger partial charge in [0.05, 0.1) is 18.6 Å². The highest BCUT2D eigenvalue weighted by Crippen LogP contribution is 2.23. The van der Waals surface area contributed by atoms with E-state index in [4.69, 9.17) is 4.74 Å². The highest BCUT2D eigenvalue weighted by Gasteiger charge is 2.33. The molecule has 0 aliphatic heterocycles. The molecule has 2 amide bonds. The van der Waals surface area contributed by atoms with Crippen LogP contribution in [-0.4, -0.2) is 56.6 Å². The minimum Gasteiger partial charge on any atom is -0.494 e. The average molecular weight is 584 g/mol. The monoisotopic (exact) mass is 583 g/mol. The van der Waals surface area contributed by atoms with E-state index in [0.29, 0.717) is 18.8 Å². The van der Waals surface area contributed by atoms with Gasteiger partial charge in [0.15, 0.2) is 0 Å². The van der Waals surface area contributed by atoms with Gasteiger partial charge in [-0.05, 0) is 56.2 Å². The number of rotatable bonds is 14. The summed E-state index contributed by atoms with van der Waals surface area (Å²) in [5.41, 5.74) is 1.27. The maximum atomic E-state index is 14.8. The first-order chi connectivity index (χ1) is 19.5. The number of benzene rings is 3. The Bertz CT molecular complexity index is 1400. The van der Waals surface area contributed by atoms with Gasteiger partial charge in [0, 0.05) is 24.6 Å². The lowest BCUT2D eigenvalue weighted by atomic mass is 10.0. The van der Waals surface area contributed by atoms with Crippen molar-refractivity contribution in [2.24, 2.45) is 0 Å². The maximum absolute atomic E-state index is 14.8. The molecule has 8 nitrogen and oxygen atoms in total. The van der Waals surface area contributed by atoms with Gasteiger partial charge in [0.2, 0.25) is 21.8 Å². The van der Waals surface area contributed by atoms with Gasteiger partial charge < -0.3 is 15.0 Å². The molecule has 0 aliphatic carbocycles. The Hall–Kier alpha value is -3.92. The lowest BCUT2D eigenvalue weighted by molar-refractivity contribution is -0.140. The van der Waals surface area contributed by atoms with Crippen molar-refractivity contribution in [1.82, 2.24) is 10.2 Å². The third-order valence-electron chi connectivity index (χ3n) is 6.69. The van der Waals surface area contributed by atoms with Crippen LogP contribution in [-0.2, 0) is 32.6 Å². The fourth-order valence-corrected chi connectivity index (χ4v) is 5.14. The maximum Gasteiger partial charge on any atom is 0.244 e. The van der Waals surface area contributed by atoms with Gasteiger partial charge in [-0.15, -0.1) is 0 Å². The summed E-state index contributed by atoms with van der Waals surface area (Å²) >= 11 is 0. The number of amides is 2. The Morgan fingerprint density at radius 2 is 1.59 bits per heavy atom. The predicted molar refractivity (Wildman–Crippen MR) is 159 cm³/mol. The van der Waals surface area contributed by atoms with Gasteiger partial charge in [0.25, 0.3) is 0 Å². The van der Waals surface area contributed by atoms with E-state index < -0.39 is 40.2 Å². The van der Waals surface area contributed by atoms with Crippen LogP contribution < -0.4 is 14.4 Å². The van der Waals surface area contributed by atoms with E-state index in [-0.39, 0.29) is 30.3 Å². The zero-order chi connectivity index (χ0) is 30.0. The predicted octanol–water partition coefficient (Wildman–Crippen LogP) is 4.55. The van der Waals surface area contributed by atoms with Crippen LogP contribution in [0.3, 0.4) is 0 Å². The molecule has 0 spiro atoms. The van der Waals surface area contributed by atoms with E-state index in [9.17, 15) is 22.4 Å². The molecular formula is C31H38FN3O5S. The first-order valence-corrected chi connectivity index (χ1v) is 15.5. The Kier molecular flexibility index (Phi) is 11.3. The van der Waals surface area contributed by atoms with Crippen molar-refractivity contribution >= 4 is 27.5 Å². The number of sulfonamides is 1. The molecule has 3 aromatic rings. The number of anilines is 1. The average Bonchev–Trinajstić information content (AvgIpc) is 2.95. The van der Waals surface area contributed by atoms with Crippen molar-refractivity contribution in [3.05, 3.63) is 95.8 Å². The number of hydrogen-bond acceptors (Lipinski definition) is 5. The first kappa shape index (κ1) is 31.6. The summed E-state index contributed by atoms with van der Waals surface area (Å²) in [6, 6.07) is 20.4. The van der Waals surface area contributed by atoms with E-state index in [0.717, 1.165) is 16.1 Å². The summed E-state index contributed by atoms with van der Waals surface area (Å²) in [6.45, 7) is 5.27. The molecule has 0 aliphatic rings. The molecule has 0 bridgehead atoms. The smallest absolute Gasteiger partial charge is 0.244 e. The Balaban J connectivity index is 2.05. The Labute approximate surface area is 242 Å². The van der Waals surface area contributed by atoms with Crippen molar-refractivity contribution < 1.29 is 27.1 Å². The molecule has 3 aromatic carbocycles. The number of ether oxygens (including phenoxy) is 1. The van der Waals surface area contributed by atoms with Crippen LogP contribution in [0.2, 0.25) is 0 Å². The van der Waals surface area contributed by atoms with Gasteiger partial charge >= 0.3 is 0 Å². The van der Waals surface area contributed by atoms with Gasteiger partial charge in [-0.3, -0.25) is 13.9 Å². The number of halogens is 1. The lowest BCUT2D eigenvalue weighted by Gasteiger charge is -2.34. The van der Waals surface area contributed by atoms with Crippen LogP contribution in [0.5, 0.6) is 5.75 Å². The van der Waals surface area contributed by atoms with Gasteiger partial charge in [-0.25, -0.2) is 12.8 Å². The second-order valence-corrected chi connectivity index (χ2v) is 11.7. The summed E-state index contributed by atoms with van der Waals surface area (Å²) in [4.78, 5) is 29.0. The molecule has 10 heteroatoms. The molecule has 0 saturated carbocycles. The molecule has 0 fully saturated rings. The summed E-state index contributed by atoms with van der Waals surface area (Å²) in [5, 5.41) is 2.95. The normalized spacial score (nSPS) is 12.7. The summed E-state index contributed by atoms with van der Waals surface area (Å²) in [6.07, 6.45) is 1.84. The van der Waals surface area contributed by atoms with E-state index in [1.165, 1.54) is 11.0 Å². The van der Waals surface area contributed by atoms with E-state index in [1.807, 2.05) is 51.1 Å². The molecule has 0 heterocycles. The number of nitrogens with zero attached hydrogens (tertiary/aromatic N) is 2. The highest BCUT2D eigenvalue weighted by molar-refractivity contribution is 7.92. The minimum absolute atomic E-state index is 0.158. The van der Waals surface area contributed by atoms with Crippen LogP contribution in [0, 0.1) is 5.82 Å². The summed E-state index contributed by atoms with van der Waals surface area (Å²) < 4.78 is 47.0. The van der Waals surface area contributed by atoms with Crippen LogP contribution in [0.15, 0.2) is 78.9 Å². The number of carbonyl (C=O) groups excluding carboxylic acids is 2. The number of hydrogen-bond donors (Lipinski definition) is 1. The SMILES string of the molecule is CCOc1ccc(N(CC(=O)N(Cc2ccccc2F)C(Cc2ccccc2)C(=O)NC(C)CC)S(C)(=O)=O)cc1. The van der Waals surface area contributed by atoms with E-state index in [2.05, 4.69) is 5.32 Å². The van der Waals surface area contributed by atoms with Crippen molar-refractivity contribution in [3.63, 3.8) is 0 Å². The summed E-state index contributed by atoms with van der Waals surface area (Å²) in [7, 11) is -3.91. The van der Waals surface area contributed by atoms with Crippen LogP contribution in [0.4, 0.5) is 10.1 Å². The highest BCUT2D eigenvalue weighted by atomic mass is 32.2. The van der Waals surface area contributed by atoms with Crippen molar-refractivity contribution in [1.29, 1.82) is 0 Å². The molecule has 1 N–H and O–H groups in total. The molecule has 220 valence electrons. The largest absolute Gasteiger partial charge is 0.494 e. The second kappa shape index (κ2) is 14.6. The molecule has 0 saturated heterocycles. The Morgan fingerprint density at radius 1 is 0.951 bits per heavy atom. The standard InChI is InChI=1S/C31H38FN3O5S/c1-5-23(3)33-31(37)29(20-24-12-8-7-9-13-24)34(21-25-14-10-11-15-28(25)32)30(36)22-35(41(4,38)39)26-16-18-27(19-17-26)40-6-2/h7-19,23,29H,5-6,20-22H2,1-4H3,(H,33,37). The zero-order valence-electron chi connectivity index (χ0n) is 23.9. The van der Waals surface area contributed by atoms with E-state index >= 15 is 0 Å². The third-order valence-corrected chi connectivity index (χ3v) is 7.83. The quantitative estimate of drug-likeness (QED) is 0.301. The van der Waals surface area contributed by atoms with Crippen LogP contribution in [0.1, 0.15) is 38.3 Å². The zero-order valence-corrected chi connectivity index (χ0v) is 24.7. The van der Waals surface area contributed by atoms with Gasteiger partial charge in [-0.2, -0.15) is 0 Å². The van der Waals surface area contributed by atoms with Crippen LogP contribution >= 0.6 is 0 Å². The van der Waals surface area contributed by atoms with Gasteiger partial charge in [0.1, 0.15) is 24.2 Å². The molecule has 0 radical (unpaired) electrons. The lowest BCUT2D eigenvalue weighted by Crippen LogP contribution is -2.54. The summed E-state index contributed by atoms with van der Waals surface area (Å²) in [5.74, 6) is -1.02. The number of carbonyl (C=O) groups is 2. The molecular weight excluding hydrogens is 545 g/mol. The fourth-order valence-electron chi connectivity index (χ4n) is 4.29. The molecule has 2 unspecified atom stereocenters. The van der Waals surface area contributed by atoms with E-state index in [1.54, 1.807) is 42.5 Å². The number of nitrogens with one attached hydrogen (secondary N) is 1. The molecule has 2 atom stereocenters. The molecule has 0 aromatic heterocycles. The minimum atomic E-state index is -3.91. The molecule has 41 heavy (non-hydrogen) atoms. The van der Waals surface area contributed by atoms with Crippen molar-refractivity contribution in [3.8, 4) is 5.75 Å². The Morgan fingerprint density at radius 3 is 2.17 bits per heavy atom. The fraction of sp³-hybridized carbons (Fsp3) is 0.355. The first-order valence-electron chi connectivity index (χ1n) is 13.6. The topological polar surface area (TPSA) is 96.0 Å². The second-order valence-electron chi connectivity index (χ2n) is 9.83. The van der Waals surface area contributed by atoms with Crippen molar-refractivity contribution in [2.45, 2.75) is 52.2 Å². The third kappa shape index (κ3) is 9.04. The van der Waals surface area contributed by atoms with Gasteiger partial charge in [-0.1, -0.05) is 55.5 Å². The van der Waals surface area contributed by atoms with Crippen LogP contribution in [0.25, 0.3) is 0 Å². The molecule has 3 rings (SSSR count).